The van der Waals surface area contributed by atoms with Crippen LogP contribution in [0.25, 0.3) is 0 Å². The van der Waals surface area contributed by atoms with Crippen LogP contribution in [0.4, 0.5) is 0 Å². The maximum Gasteiger partial charge on any atom is 0.168 e. The summed E-state index contributed by atoms with van der Waals surface area (Å²) in [5.74, 6) is 1.59. The summed E-state index contributed by atoms with van der Waals surface area (Å²) in [5, 5.41) is 10.6. The van der Waals surface area contributed by atoms with E-state index in [2.05, 4.69) is 69.2 Å². The Balaban J connectivity index is 6.37. The van der Waals surface area contributed by atoms with E-state index in [1.165, 1.54) is 0 Å². The minimum absolute atomic E-state index is 0.352. The molecule has 0 aliphatic carbocycles. The lowest BCUT2D eigenvalue weighted by Gasteiger charge is -2.43. The zero-order chi connectivity index (χ0) is 23.9. The molecule has 0 fully saturated rings. The molecule has 0 spiro atoms. The fourth-order valence-corrected chi connectivity index (χ4v) is 4.49. The highest BCUT2D eigenvalue weighted by molar-refractivity contribution is 7.80. The van der Waals surface area contributed by atoms with Crippen molar-refractivity contribution < 1.29 is 0 Å². The molecule has 0 aromatic carbocycles. The molecule has 0 aromatic rings. The molecular formula is C22H46N6S2. The van der Waals surface area contributed by atoms with Gasteiger partial charge in [-0.25, -0.2) is 0 Å². The van der Waals surface area contributed by atoms with Crippen LogP contribution < -0.4 is 11.5 Å². The first-order chi connectivity index (χ1) is 13.5. The molecule has 0 aliphatic heterocycles. The van der Waals surface area contributed by atoms with Gasteiger partial charge in [0.25, 0.3) is 0 Å². The number of thiocarbonyl (C=S) groups is 2. The number of nitrogens with two attached hydrogens (primary N) is 2. The third-order valence-electron chi connectivity index (χ3n) is 4.86. The average Bonchev–Trinajstić information content (AvgIpc) is 2.53. The standard InChI is InChI=1S/C22H46N6S2/c1-15(2)11-21(9,27(19(23)29)13-17(5)6)25-26-22(10,12-16(3)4)28(20(24)30)14-18(7)8/h15-18H,11-14H2,1-10H3,(H2,23,29)(H2,24,30)/b26-25+. The van der Waals surface area contributed by atoms with Crippen LogP contribution in [0.3, 0.4) is 0 Å². The smallest absolute Gasteiger partial charge is 0.168 e. The second-order valence-corrected chi connectivity index (χ2v) is 11.4. The topological polar surface area (TPSA) is 83.2 Å². The van der Waals surface area contributed by atoms with Crippen molar-refractivity contribution in [1.29, 1.82) is 0 Å². The van der Waals surface area contributed by atoms with Gasteiger partial charge in [-0.1, -0.05) is 55.4 Å². The fraction of sp³-hybridized carbons (Fsp3) is 0.909. The Bertz CT molecular complexity index is 540. The zero-order valence-corrected chi connectivity index (χ0v) is 22.5. The first-order valence-corrected chi connectivity index (χ1v) is 11.9. The lowest BCUT2D eigenvalue weighted by molar-refractivity contribution is 0.110. The van der Waals surface area contributed by atoms with Gasteiger partial charge in [-0.15, -0.1) is 0 Å². The Labute approximate surface area is 196 Å². The van der Waals surface area contributed by atoms with Crippen molar-refractivity contribution in [1.82, 2.24) is 9.80 Å². The summed E-state index contributed by atoms with van der Waals surface area (Å²) in [6.07, 6.45) is 1.57. The predicted octanol–water partition coefficient (Wildman–Crippen LogP) is 5.37. The number of nitrogens with zero attached hydrogens (tertiary/aromatic N) is 4. The Morgan fingerprint density at radius 1 is 0.667 bits per heavy atom. The van der Waals surface area contributed by atoms with E-state index in [1.807, 2.05) is 9.80 Å². The van der Waals surface area contributed by atoms with Crippen LogP contribution in [0.5, 0.6) is 0 Å². The highest BCUT2D eigenvalue weighted by atomic mass is 32.1. The van der Waals surface area contributed by atoms with Crippen LogP contribution in [-0.4, -0.2) is 44.4 Å². The molecule has 0 aromatic heterocycles. The maximum atomic E-state index is 6.15. The number of azo groups is 1. The van der Waals surface area contributed by atoms with Crippen LogP contribution >= 0.6 is 24.4 Å². The summed E-state index contributed by atoms with van der Waals surface area (Å²) in [6, 6.07) is 0. The molecule has 0 saturated carbocycles. The molecule has 0 rings (SSSR count). The lowest BCUT2D eigenvalue weighted by atomic mass is 9.96. The second-order valence-electron chi connectivity index (χ2n) is 10.5. The average molecular weight is 459 g/mol. The van der Waals surface area contributed by atoms with Crippen molar-refractivity contribution in [2.24, 2.45) is 45.4 Å². The number of rotatable bonds is 12. The molecular weight excluding hydrogens is 412 g/mol. The van der Waals surface area contributed by atoms with Gasteiger partial charge in [0.15, 0.2) is 21.6 Å². The van der Waals surface area contributed by atoms with Crippen LogP contribution in [0.1, 0.15) is 82.1 Å². The summed E-state index contributed by atoms with van der Waals surface area (Å²) in [6.45, 7) is 22.9. The van der Waals surface area contributed by atoms with Crippen molar-refractivity contribution in [2.75, 3.05) is 13.1 Å². The first-order valence-electron chi connectivity index (χ1n) is 11.1. The Morgan fingerprint density at radius 2 is 0.933 bits per heavy atom. The van der Waals surface area contributed by atoms with Gasteiger partial charge in [-0.05, 0) is 74.8 Å². The normalized spacial score (nSPS) is 16.3. The minimum atomic E-state index is -0.637. The lowest BCUT2D eigenvalue weighted by Crippen LogP contribution is -2.55. The van der Waals surface area contributed by atoms with Gasteiger partial charge < -0.3 is 21.3 Å². The van der Waals surface area contributed by atoms with Gasteiger partial charge >= 0.3 is 0 Å². The van der Waals surface area contributed by atoms with Gasteiger partial charge in [0.2, 0.25) is 0 Å². The molecule has 0 aliphatic rings. The van der Waals surface area contributed by atoms with E-state index >= 15 is 0 Å². The van der Waals surface area contributed by atoms with E-state index in [4.69, 9.17) is 46.1 Å². The number of hydrogen-bond acceptors (Lipinski definition) is 4. The van der Waals surface area contributed by atoms with Crippen molar-refractivity contribution in [3.8, 4) is 0 Å². The first kappa shape index (κ1) is 29.0. The summed E-state index contributed by atoms with van der Waals surface area (Å²) in [7, 11) is 0. The van der Waals surface area contributed by atoms with Crippen LogP contribution in [0, 0.1) is 23.7 Å². The minimum Gasteiger partial charge on any atom is -0.376 e. The number of hydrogen-bond donors (Lipinski definition) is 2. The van der Waals surface area contributed by atoms with Crippen molar-refractivity contribution >= 4 is 34.7 Å². The van der Waals surface area contributed by atoms with Gasteiger partial charge in [0.1, 0.15) is 0 Å². The molecule has 2 atom stereocenters. The predicted molar refractivity (Wildman–Crippen MR) is 137 cm³/mol. The van der Waals surface area contributed by atoms with Gasteiger partial charge in [0.05, 0.1) is 0 Å². The molecule has 176 valence electrons. The Hall–Kier alpha value is -1.02. The highest BCUT2D eigenvalue weighted by Gasteiger charge is 2.38. The molecule has 0 saturated heterocycles. The molecule has 2 unspecified atom stereocenters. The molecule has 4 N–H and O–H groups in total. The SMILES string of the molecule is CC(C)CN(C(N)=S)C(C)(CC(C)C)/N=N/C(C)(CC(C)C)N(CC(C)C)C(N)=S. The van der Waals surface area contributed by atoms with E-state index < -0.39 is 11.3 Å². The van der Waals surface area contributed by atoms with Crippen molar-refractivity contribution in [3.63, 3.8) is 0 Å². The fourth-order valence-electron chi connectivity index (χ4n) is 3.95. The second kappa shape index (κ2) is 12.1. The quantitative estimate of drug-likeness (QED) is 0.302. The Kier molecular flexibility index (Phi) is 11.7. The monoisotopic (exact) mass is 458 g/mol. The third-order valence-corrected chi connectivity index (χ3v) is 5.30. The van der Waals surface area contributed by atoms with Gasteiger partial charge in [-0.2, -0.15) is 10.2 Å². The summed E-state index contributed by atoms with van der Waals surface area (Å²) in [5.41, 5.74) is 11.0. The molecule has 8 heteroatoms. The summed E-state index contributed by atoms with van der Waals surface area (Å²) < 4.78 is 0. The van der Waals surface area contributed by atoms with E-state index in [0.29, 0.717) is 33.9 Å². The molecule has 0 amide bonds. The molecule has 6 nitrogen and oxygen atoms in total. The van der Waals surface area contributed by atoms with E-state index in [9.17, 15) is 0 Å². The van der Waals surface area contributed by atoms with Crippen molar-refractivity contribution in [3.05, 3.63) is 0 Å². The van der Waals surface area contributed by atoms with E-state index in [0.717, 1.165) is 25.9 Å². The molecule has 0 bridgehead atoms. The van der Waals surface area contributed by atoms with Crippen molar-refractivity contribution in [2.45, 2.75) is 93.4 Å². The largest absolute Gasteiger partial charge is 0.376 e. The van der Waals surface area contributed by atoms with Crippen LogP contribution in [0.2, 0.25) is 0 Å². The highest BCUT2D eigenvalue weighted by Crippen LogP contribution is 2.32. The van der Waals surface area contributed by atoms with Gasteiger partial charge in [0, 0.05) is 13.1 Å². The summed E-state index contributed by atoms with van der Waals surface area (Å²) in [4.78, 5) is 4.03. The summed E-state index contributed by atoms with van der Waals surface area (Å²) >= 11 is 10.8. The van der Waals surface area contributed by atoms with E-state index in [-0.39, 0.29) is 0 Å². The Morgan fingerprint density at radius 3 is 1.10 bits per heavy atom. The van der Waals surface area contributed by atoms with E-state index in [1.54, 1.807) is 0 Å². The molecule has 0 heterocycles. The van der Waals surface area contributed by atoms with Gasteiger partial charge in [-0.3, -0.25) is 0 Å². The van der Waals surface area contributed by atoms with Crippen LogP contribution in [-0.2, 0) is 0 Å². The third kappa shape index (κ3) is 9.41. The maximum absolute atomic E-state index is 6.15. The zero-order valence-electron chi connectivity index (χ0n) is 20.9. The van der Waals surface area contributed by atoms with Crippen LogP contribution in [0.15, 0.2) is 10.2 Å². The molecule has 0 radical (unpaired) electrons. The molecule has 30 heavy (non-hydrogen) atoms.